The van der Waals surface area contributed by atoms with Gasteiger partial charge in [-0.15, -0.1) is 0 Å². The van der Waals surface area contributed by atoms with Gasteiger partial charge in [-0.2, -0.15) is 18.4 Å². The number of nitrogens with zero attached hydrogens (tertiary/aromatic N) is 2. The van der Waals surface area contributed by atoms with Gasteiger partial charge in [0.15, 0.2) is 0 Å². The predicted molar refractivity (Wildman–Crippen MR) is 136 cm³/mol. The Labute approximate surface area is 223 Å². The number of nitriles is 1. The van der Waals surface area contributed by atoms with Crippen LogP contribution in [-0.2, 0) is 25.2 Å². The van der Waals surface area contributed by atoms with Crippen molar-refractivity contribution in [3.63, 3.8) is 0 Å². The van der Waals surface area contributed by atoms with E-state index in [1.54, 1.807) is 19.1 Å². The molecule has 0 radical (unpaired) electrons. The maximum atomic E-state index is 13.6. The first-order valence-corrected chi connectivity index (χ1v) is 11.9. The first-order valence-electron chi connectivity index (χ1n) is 11.9. The van der Waals surface area contributed by atoms with Crippen molar-refractivity contribution in [2.24, 2.45) is 5.73 Å². The van der Waals surface area contributed by atoms with E-state index in [4.69, 9.17) is 15.2 Å². The van der Waals surface area contributed by atoms with E-state index < -0.39 is 41.8 Å². The van der Waals surface area contributed by atoms with Gasteiger partial charge in [0.05, 0.1) is 47.5 Å². The molecule has 3 atom stereocenters. The second-order valence-electron chi connectivity index (χ2n) is 9.14. The molecule has 2 aromatic carbocycles. The first kappa shape index (κ1) is 29.3. The van der Waals surface area contributed by atoms with Crippen molar-refractivity contribution in [1.29, 1.82) is 5.26 Å². The number of halogens is 3. The van der Waals surface area contributed by atoms with Gasteiger partial charge >= 0.3 is 18.1 Å². The lowest BCUT2D eigenvalue weighted by Crippen LogP contribution is -2.40. The summed E-state index contributed by atoms with van der Waals surface area (Å²) in [5, 5.41) is 18.9. The van der Waals surface area contributed by atoms with E-state index in [0.29, 0.717) is 11.1 Å². The number of alkyl halides is 3. The maximum absolute atomic E-state index is 13.6. The number of aliphatic hydroxyl groups is 1. The topological polar surface area (TPSA) is 126 Å². The summed E-state index contributed by atoms with van der Waals surface area (Å²) in [5.74, 6) is -3.14. The van der Waals surface area contributed by atoms with E-state index in [-0.39, 0.29) is 34.8 Å². The predicted octanol–water partition coefficient (Wildman–Crippen LogP) is 4.50. The van der Waals surface area contributed by atoms with Gasteiger partial charge in [0.25, 0.3) is 0 Å². The average molecular weight is 544 g/mol. The molecule has 206 valence electrons. The number of esters is 2. The molecule has 3 unspecified atom stereocenters. The summed E-state index contributed by atoms with van der Waals surface area (Å²) in [6.07, 6.45) is -6.09. The Balaban J connectivity index is 2.30. The van der Waals surface area contributed by atoms with Crippen molar-refractivity contribution in [3.05, 3.63) is 87.9 Å². The van der Waals surface area contributed by atoms with Crippen LogP contribution in [0.3, 0.4) is 0 Å². The summed E-state index contributed by atoms with van der Waals surface area (Å²) in [5.41, 5.74) is 6.12. The lowest BCUT2D eigenvalue weighted by atomic mass is 9.80. The fraction of sp³-hybridized carbons (Fsp3) is 0.321. The van der Waals surface area contributed by atoms with Gasteiger partial charge in [-0.1, -0.05) is 18.2 Å². The number of allylic oxidation sites excluding steroid dienone is 1. The zero-order valence-electron chi connectivity index (χ0n) is 21.7. The second kappa shape index (κ2) is 11.6. The molecule has 8 nitrogen and oxygen atoms in total. The molecule has 3 N–H and O–H groups in total. The highest BCUT2D eigenvalue weighted by atomic mass is 19.4. The third-order valence-corrected chi connectivity index (χ3v) is 6.23. The fourth-order valence-corrected chi connectivity index (χ4v) is 4.53. The summed E-state index contributed by atoms with van der Waals surface area (Å²) >= 11 is 0. The highest BCUT2D eigenvalue weighted by molar-refractivity contribution is 6.01. The minimum atomic E-state index is -4.66. The molecule has 2 aromatic rings. The van der Waals surface area contributed by atoms with E-state index in [2.05, 4.69) is 0 Å². The third-order valence-electron chi connectivity index (χ3n) is 6.23. The van der Waals surface area contributed by atoms with Crippen molar-refractivity contribution in [2.45, 2.75) is 51.5 Å². The van der Waals surface area contributed by atoms with Gasteiger partial charge in [0, 0.05) is 17.8 Å². The monoisotopic (exact) mass is 543 g/mol. The number of hydrogen-bond acceptors (Lipinski definition) is 8. The second-order valence-corrected chi connectivity index (χ2v) is 9.14. The summed E-state index contributed by atoms with van der Waals surface area (Å²) in [6, 6.07) is 12.3. The molecule has 0 aliphatic carbocycles. The van der Waals surface area contributed by atoms with E-state index in [9.17, 15) is 33.1 Å². The van der Waals surface area contributed by atoms with Gasteiger partial charge < -0.3 is 25.2 Å². The zero-order valence-corrected chi connectivity index (χ0v) is 21.7. The molecule has 0 aromatic heterocycles. The van der Waals surface area contributed by atoms with Crippen LogP contribution in [0.4, 0.5) is 18.9 Å². The molecule has 0 amide bonds. The van der Waals surface area contributed by atoms with Crippen LogP contribution < -0.4 is 10.6 Å². The van der Waals surface area contributed by atoms with Crippen LogP contribution >= 0.6 is 0 Å². The SMILES string of the molecule is COC(=O)C1=C(C)N(c2cccc(C(F)(F)F)c2)C(N)=C(C(=O)OC(C)CC(C)O)C1c1ccc(C#N)cc1. The van der Waals surface area contributed by atoms with Crippen molar-refractivity contribution in [2.75, 3.05) is 12.0 Å². The minimum absolute atomic E-state index is 0.0400. The molecular formula is C28H28F3N3O5. The fourth-order valence-electron chi connectivity index (χ4n) is 4.53. The normalized spacial score (nSPS) is 17.4. The standard InChI is InChI=1S/C28H28F3N3O5/c1-15(35)12-16(2)39-27(37)24-23(19-10-8-18(14-32)9-11-19)22(26(36)38-4)17(3)34(25(24)33)21-7-5-6-20(13-21)28(29,30)31/h5-11,13,15-16,23,35H,12,33H2,1-4H3. The summed E-state index contributed by atoms with van der Waals surface area (Å²) in [7, 11) is 1.14. The number of ether oxygens (including phenoxy) is 2. The third kappa shape index (κ3) is 6.23. The number of carbonyl (C=O) groups excluding carboxylic acids is 2. The summed E-state index contributed by atoms with van der Waals surface area (Å²) in [6.45, 7) is 4.57. The van der Waals surface area contributed by atoms with Crippen LogP contribution in [0.5, 0.6) is 0 Å². The van der Waals surface area contributed by atoms with E-state index >= 15 is 0 Å². The van der Waals surface area contributed by atoms with Crippen LogP contribution in [0.2, 0.25) is 0 Å². The van der Waals surface area contributed by atoms with Gasteiger partial charge in [-0.25, -0.2) is 9.59 Å². The number of carbonyl (C=O) groups is 2. The van der Waals surface area contributed by atoms with Crippen LogP contribution in [0, 0.1) is 11.3 Å². The molecule has 1 aliphatic rings. The number of hydrogen-bond donors (Lipinski definition) is 2. The Morgan fingerprint density at radius 2 is 1.77 bits per heavy atom. The Morgan fingerprint density at radius 3 is 2.31 bits per heavy atom. The Hall–Kier alpha value is -4.30. The minimum Gasteiger partial charge on any atom is -0.466 e. The van der Waals surface area contributed by atoms with Crippen molar-refractivity contribution in [3.8, 4) is 6.07 Å². The number of benzene rings is 2. The first-order chi connectivity index (χ1) is 18.3. The largest absolute Gasteiger partial charge is 0.466 e. The van der Waals surface area contributed by atoms with Crippen LogP contribution in [0.1, 0.15) is 49.8 Å². The maximum Gasteiger partial charge on any atom is 0.416 e. The van der Waals surface area contributed by atoms with Crippen LogP contribution in [0.25, 0.3) is 0 Å². The Morgan fingerprint density at radius 1 is 1.13 bits per heavy atom. The van der Waals surface area contributed by atoms with Crippen LogP contribution in [-0.4, -0.2) is 36.4 Å². The number of methoxy groups -OCH3 is 1. The molecule has 1 heterocycles. The molecule has 0 saturated carbocycles. The van der Waals surface area contributed by atoms with E-state index in [0.717, 1.165) is 19.2 Å². The number of aliphatic hydroxyl groups excluding tert-OH is 1. The summed E-state index contributed by atoms with van der Waals surface area (Å²) < 4.78 is 51.1. The molecule has 1 aliphatic heterocycles. The Kier molecular flexibility index (Phi) is 8.71. The number of anilines is 1. The Bertz CT molecular complexity index is 1360. The van der Waals surface area contributed by atoms with E-state index in [1.807, 2.05) is 6.07 Å². The van der Waals surface area contributed by atoms with Gasteiger partial charge in [0.2, 0.25) is 0 Å². The lowest BCUT2D eigenvalue weighted by Gasteiger charge is -2.37. The molecule has 0 spiro atoms. The summed E-state index contributed by atoms with van der Waals surface area (Å²) in [4.78, 5) is 27.9. The van der Waals surface area contributed by atoms with Crippen molar-refractivity contribution >= 4 is 17.6 Å². The number of rotatable bonds is 7. The molecule has 0 fully saturated rings. The van der Waals surface area contributed by atoms with Crippen molar-refractivity contribution < 1.29 is 37.3 Å². The highest BCUT2D eigenvalue weighted by Crippen LogP contribution is 2.44. The average Bonchev–Trinajstić information content (AvgIpc) is 2.87. The zero-order chi connectivity index (χ0) is 29.1. The molecule has 11 heteroatoms. The van der Waals surface area contributed by atoms with Gasteiger partial charge in [-0.3, -0.25) is 0 Å². The van der Waals surface area contributed by atoms with Gasteiger partial charge in [0.1, 0.15) is 11.9 Å². The highest BCUT2D eigenvalue weighted by Gasteiger charge is 2.42. The van der Waals surface area contributed by atoms with E-state index in [1.165, 1.54) is 43.0 Å². The van der Waals surface area contributed by atoms with Crippen LogP contribution in [0.15, 0.2) is 71.2 Å². The smallest absolute Gasteiger partial charge is 0.416 e. The quantitative estimate of drug-likeness (QED) is 0.489. The molecule has 39 heavy (non-hydrogen) atoms. The molecule has 3 rings (SSSR count). The number of nitrogens with two attached hydrogens (primary N) is 1. The lowest BCUT2D eigenvalue weighted by molar-refractivity contribution is -0.145. The molecule has 0 bridgehead atoms. The van der Waals surface area contributed by atoms with Gasteiger partial charge in [-0.05, 0) is 56.7 Å². The molecule has 0 saturated heterocycles. The molecular weight excluding hydrogens is 515 g/mol. The van der Waals surface area contributed by atoms with Crippen molar-refractivity contribution in [1.82, 2.24) is 0 Å².